The molecular weight excluding hydrogens is 475 g/mol. The summed E-state index contributed by atoms with van der Waals surface area (Å²) >= 11 is 18.7. The summed E-state index contributed by atoms with van der Waals surface area (Å²) in [5.41, 5.74) is 2.70. The Morgan fingerprint density at radius 2 is 1.97 bits per heavy atom. The van der Waals surface area contributed by atoms with Crippen LogP contribution in [0.5, 0.6) is 11.5 Å². The van der Waals surface area contributed by atoms with Gasteiger partial charge in [-0.15, -0.1) is 10.2 Å². The molecule has 2 N–H and O–H groups in total. The summed E-state index contributed by atoms with van der Waals surface area (Å²) in [7, 11) is 0. The van der Waals surface area contributed by atoms with Crippen LogP contribution in [0, 0.1) is 0 Å². The van der Waals surface area contributed by atoms with Gasteiger partial charge >= 0.3 is 0 Å². The second-order valence-electron chi connectivity index (χ2n) is 5.61. The first-order valence-electron chi connectivity index (χ1n) is 8.24. The zero-order valence-corrected chi connectivity index (χ0v) is 18.1. The molecular formula is C18H13Cl3N4O4S. The van der Waals surface area contributed by atoms with Crippen molar-refractivity contribution in [3.05, 3.63) is 62.9 Å². The molecule has 0 aliphatic rings. The van der Waals surface area contributed by atoms with Crippen LogP contribution in [0.25, 0.3) is 0 Å². The number of benzene rings is 2. The fraction of sp³-hybridized carbons (Fsp3) is 0.111. The van der Waals surface area contributed by atoms with Gasteiger partial charge in [0.2, 0.25) is 0 Å². The molecule has 0 atom stereocenters. The summed E-state index contributed by atoms with van der Waals surface area (Å²) < 4.78 is 10.9. The maximum atomic E-state index is 11.9. The standard InChI is InChI=1S/C18H13Cl3N4O4S/c19-11-1-3-14(26)10(5-11)7-22-23-16(27)9-30-18-25-24-17(29-18)8-28-15-4-2-12(20)6-13(15)21/h1-7,26H,8-9H2,(H,23,27)/b22-7-. The van der Waals surface area contributed by atoms with Gasteiger partial charge in [-0.1, -0.05) is 46.6 Å². The number of rotatable bonds is 8. The molecule has 0 aliphatic carbocycles. The smallest absolute Gasteiger partial charge is 0.277 e. The van der Waals surface area contributed by atoms with Crippen LogP contribution in [0.15, 0.2) is 51.1 Å². The highest BCUT2D eigenvalue weighted by Gasteiger charge is 2.11. The summed E-state index contributed by atoms with van der Waals surface area (Å²) in [6, 6.07) is 9.32. The quantitative estimate of drug-likeness (QED) is 0.272. The number of ether oxygens (including phenoxy) is 1. The zero-order chi connectivity index (χ0) is 21.5. The average Bonchev–Trinajstić information content (AvgIpc) is 3.16. The molecule has 0 fully saturated rings. The molecule has 8 nitrogen and oxygen atoms in total. The first-order valence-corrected chi connectivity index (χ1v) is 10.4. The van der Waals surface area contributed by atoms with Gasteiger partial charge in [0.1, 0.15) is 11.5 Å². The Labute approximate surface area is 190 Å². The SMILES string of the molecule is O=C(CSc1nnc(COc2ccc(Cl)cc2Cl)o1)N/N=C\c1cc(Cl)ccc1O. The van der Waals surface area contributed by atoms with E-state index < -0.39 is 5.91 Å². The van der Waals surface area contributed by atoms with Gasteiger partial charge in [0.05, 0.1) is 17.0 Å². The number of hydrogen-bond donors (Lipinski definition) is 2. The average molecular weight is 488 g/mol. The summed E-state index contributed by atoms with van der Waals surface area (Å²) in [6.45, 7) is 0.00846. The van der Waals surface area contributed by atoms with Crippen LogP contribution < -0.4 is 10.2 Å². The Kier molecular flexibility index (Phi) is 7.81. The maximum Gasteiger partial charge on any atom is 0.277 e. The number of nitrogens with one attached hydrogen (secondary N) is 1. The number of phenols is 1. The lowest BCUT2D eigenvalue weighted by Crippen LogP contribution is -2.19. The van der Waals surface area contributed by atoms with Crippen LogP contribution in [0.3, 0.4) is 0 Å². The first kappa shape index (κ1) is 22.2. The van der Waals surface area contributed by atoms with E-state index in [0.717, 1.165) is 11.8 Å². The molecule has 0 bridgehead atoms. The highest BCUT2D eigenvalue weighted by Crippen LogP contribution is 2.28. The van der Waals surface area contributed by atoms with Gasteiger partial charge in [0.15, 0.2) is 6.61 Å². The van der Waals surface area contributed by atoms with Gasteiger partial charge in [-0.2, -0.15) is 5.10 Å². The minimum atomic E-state index is -0.401. The Hall–Kier alpha value is -2.46. The van der Waals surface area contributed by atoms with Gasteiger partial charge in [-0.3, -0.25) is 4.79 Å². The van der Waals surface area contributed by atoms with Crippen LogP contribution in [0.2, 0.25) is 15.1 Å². The normalized spacial score (nSPS) is 11.0. The van der Waals surface area contributed by atoms with E-state index in [1.165, 1.54) is 24.4 Å². The first-order chi connectivity index (χ1) is 14.4. The molecule has 2 aromatic carbocycles. The van der Waals surface area contributed by atoms with Crippen LogP contribution in [-0.2, 0) is 11.4 Å². The zero-order valence-electron chi connectivity index (χ0n) is 15.0. The van der Waals surface area contributed by atoms with E-state index in [9.17, 15) is 9.90 Å². The van der Waals surface area contributed by atoms with Gasteiger partial charge in [0, 0.05) is 15.6 Å². The van der Waals surface area contributed by atoms with E-state index in [4.69, 9.17) is 44.0 Å². The number of nitrogens with zero attached hydrogens (tertiary/aromatic N) is 3. The molecule has 0 saturated heterocycles. The van der Waals surface area contributed by atoms with Crippen LogP contribution in [0.4, 0.5) is 0 Å². The molecule has 30 heavy (non-hydrogen) atoms. The molecule has 156 valence electrons. The highest BCUT2D eigenvalue weighted by atomic mass is 35.5. The van der Waals surface area contributed by atoms with Crippen molar-refractivity contribution in [2.45, 2.75) is 11.8 Å². The van der Waals surface area contributed by atoms with Crippen LogP contribution >= 0.6 is 46.6 Å². The van der Waals surface area contributed by atoms with Gasteiger partial charge in [-0.05, 0) is 36.4 Å². The summed E-state index contributed by atoms with van der Waals surface area (Å²) in [5, 5.41) is 22.6. The van der Waals surface area contributed by atoms with Gasteiger partial charge in [-0.25, -0.2) is 5.43 Å². The Balaban J connectivity index is 1.45. The molecule has 12 heteroatoms. The van der Waals surface area contributed by atoms with Crippen molar-refractivity contribution in [3.8, 4) is 11.5 Å². The predicted molar refractivity (Wildman–Crippen MR) is 115 cm³/mol. The van der Waals surface area contributed by atoms with Crippen molar-refractivity contribution in [2.75, 3.05) is 5.75 Å². The molecule has 0 radical (unpaired) electrons. The molecule has 0 aliphatic heterocycles. The highest BCUT2D eigenvalue weighted by molar-refractivity contribution is 7.99. The third kappa shape index (κ3) is 6.53. The number of carbonyl (C=O) groups excluding carboxylic acids is 1. The molecule has 3 rings (SSSR count). The topological polar surface area (TPSA) is 110 Å². The second-order valence-corrected chi connectivity index (χ2v) is 7.82. The minimum absolute atomic E-state index is 0.00716. The molecule has 0 spiro atoms. The third-order valence-corrected chi connectivity index (χ3v) is 4.99. The third-order valence-electron chi connectivity index (χ3n) is 3.40. The summed E-state index contributed by atoms with van der Waals surface area (Å²) in [5.74, 6) is 0.230. The van der Waals surface area contributed by atoms with Crippen LogP contribution in [0.1, 0.15) is 11.5 Å². The van der Waals surface area contributed by atoms with E-state index in [0.29, 0.717) is 26.4 Å². The Morgan fingerprint density at radius 1 is 1.20 bits per heavy atom. The molecule has 1 heterocycles. The molecule has 1 aromatic heterocycles. The number of halogens is 3. The number of thioether (sulfide) groups is 1. The van der Waals surface area contributed by atoms with Crippen LogP contribution in [-0.4, -0.2) is 33.2 Å². The minimum Gasteiger partial charge on any atom is -0.507 e. The Morgan fingerprint density at radius 3 is 2.77 bits per heavy atom. The summed E-state index contributed by atoms with van der Waals surface area (Å²) in [6.07, 6.45) is 1.29. The van der Waals surface area contributed by atoms with E-state index in [1.54, 1.807) is 18.2 Å². The second kappa shape index (κ2) is 10.5. The van der Waals surface area contributed by atoms with Crippen molar-refractivity contribution >= 4 is 58.7 Å². The number of aromatic hydroxyl groups is 1. The summed E-state index contributed by atoms with van der Waals surface area (Å²) in [4.78, 5) is 11.9. The number of carbonyl (C=O) groups is 1. The monoisotopic (exact) mass is 486 g/mol. The number of aromatic nitrogens is 2. The number of amides is 1. The van der Waals surface area contributed by atoms with E-state index in [-0.39, 0.29) is 29.2 Å². The number of hydrogen-bond acceptors (Lipinski definition) is 8. The number of hydrazone groups is 1. The molecule has 0 unspecified atom stereocenters. The fourth-order valence-corrected chi connectivity index (χ4v) is 3.27. The van der Waals surface area contributed by atoms with Crippen molar-refractivity contribution in [1.82, 2.24) is 15.6 Å². The maximum absolute atomic E-state index is 11.9. The molecule has 0 saturated carbocycles. The van der Waals surface area contributed by atoms with E-state index in [2.05, 4.69) is 20.7 Å². The van der Waals surface area contributed by atoms with Crippen molar-refractivity contribution in [1.29, 1.82) is 0 Å². The lowest BCUT2D eigenvalue weighted by Gasteiger charge is -2.05. The lowest BCUT2D eigenvalue weighted by molar-refractivity contribution is -0.118. The van der Waals surface area contributed by atoms with Gasteiger partial charge < -0.3 is 14.3 Å². The Bertz CT molecular complexity index is 1080. The molecule has 1 amide bonds. The largest absolute Gasteiger partial charge is 0.507 e. The van der Waals surface area contributed by atoms with E-state index in [1.807, 2.05) is 0 Å². The number of phenolic OH excluding ortho intramolecular Hbond substituents is 1. The van der Waals surface area contributed by atoms with Crippen molar-refractivity contribution in [3.63, 3.8) is 0 Å². The van der Waals surface area contributed by atoms with Crippen molar-refractivity contribution in [2.24, 2.45) is 5.10 Å². The lowest BCUT2D eigenvalue weighted by atomic mass is 10.2. The van der Waals surface area contributed by atoms with E-state index >= 15 is 0 Å². The van der Waals surface area contributed by atoms with Gasteiger partial charge in [0.25, 0.3) is 17.0 Å². The molecule has 3 aromatic rings. The predicted octanol–water partition coefficient (Wildman–Crippen LogP) is 4.56. The van der Waals surface area contributed by atoms with Crippen molar-refractivity contribution < 1.29 is 19.1 Å². The fourth-order valence-electron chi connectivity index (χ4n) is 2.05.